The van der Waals surface area contributed by atoms with Crippen molar-refractivity contribution < 1.29 is 32.7 Å². The van der Waals surface area contributed by atoms with Crippen LogP contribution in [0.2, 0.25) is 0 Å². The predicted molar refractivity (Wildman–Crippen MR) is 106 cm³/mol. The molecule has 32 heavy (non-hydrogen) atoms. The second kappa shape index (κ2) is 8.97. The summed E-state index contributed by atoms with van der Waals surface area (Å²) < 4.78 is 33.4. The first-order valence-corrected chi connectivity index (χ1v) is 9.83. The van der Waals surface area contributed by atoms with Crippen molar-refractivity contribution in [2.45, 2.75) is 44.4 Å². The zero-order valence-corrected chi connectivity index (χ0v) is 17.4. The van der Waals surface area contributed by atoms with Gasteiger partial charge in [-0.2, -0.15) is 18.3 Å². The molecule has 2 aliphatic rings. The van der Waals surface area contributed by atoms with E-state index in [1.165, 1.54) is 0 Å². The molecule has 0 radical (unpaired) electrons. The van der Waals surface area contributed by atoms with Gasteiger partial charge >= 0.3 is 12.1 Å². The van der Waals surface area contributed by atoms with Gasteiger partial charge in [-0.05, 0) is 31.9 Å². The monoisotopic (exact) mass is 453 g/mol. The molecule has 2 aliphatic heterocycles. The van der Waals surface area contributed by atoms with Crippen LogP contribution in [0.5, 0.6) is 0 Å². The number of aryl methyl sites for hydroxylation is 2. The Hall–Kier alpha value is -3.44. The number of piperidine rings is 1. The summed E-state index contributed by atoms with van der Waals surface area (Å²) in [5.74, 6) is -2.64. The third-order valence-corrected chi connectivity index (χ3v) is 5.40. The molecular weight excluding hydrogens is 431 g/mol. The summed E-state index contributed by atoms with van der Waals surface area (Å²) in [5.41, 5.74) is 2.31. The number of nitrogens with zero attached hydrogens (tertiary/aromatic N) is 5. The molecule has 4 heterocycles. The Bertz CT molecular complexity index is 1010. The number of hydrogen-bond acceptors (Lipinski definition) is 5. The number of carbonyl (C=O) groups is 3. The van der Waals surface area contributed by atoms with Crippen LogP contribution in [0.25, 0.3) is 0 Å². The third kappa shape index (κ3) is 4.89. The Balaban J connectivity index is 0.000000360. The summed E-state index contributed by atoms with van der Waals surface area (Å²) in [6, 6.07) is 3.75. The fraction of sp³-hybridized carbons (Fsp3) is 0.450. The number of carboxylic acid groups (broad SMARTS) is 1. The predicted octanol–water partition coefficient (Wildman–Crippen LogP) is 2.17. The SMILES string of the molecule is Cc1ccc(C(=O)N2CC[C@H]3[C@@H]2CCC(=O)N3c2cnn(C)c2)cn1.O=C(O)C(F)(F)F. The van der Waals surface area contributed by atoms with Crippen molar-refractivity contribution in [2.24, 2.45) is 7.05 Å². The number of alkyl halides is 3. The highest BCUT2D eigenvalue weighted by Gasteiger charge is 2.45. The van der Waals surface area contributed by atoms with E-state index in [2.05, 4.69) is 10.1 Å². The maximum atomic E-state index is 12.9. The number of fused-ring (bicyclic) bond motifs is 1. The normalized spacial score (nSPS) is 20.5. The fourth-order valence-electron chi connectivity index (χ4n) is 3.94. The van der Waals surface area contributed by atoms with Crippen LogP contribution in [0.15, 0.2) is 30.7 Å². The fourth-order valence-corrected chi connectivity index (χ4v) is 3.94. The Morgan fingerprint density at radius 3 is 2.38 bits per heavy atom. The summed E-state index contributed by atoms with van der Waals surface area (Å²) in [6.07, 6.45) is 2.08. The van der Waals surface area contributed by atoms with E-state index in [1.807, 2.05) is 42.1 Å². The van der Waals surface area contributed by atoms with Crippen LogP contribution < -0.4 is 4.90 Å². The number of amides is 2. The van der Waals surface area contributed by atoms with E-state index < -0.39 is 12.1 Å². The summed E-state index contributed by atoms with van der Waals surface area (Å²) in [6.45, 7) is 2.56. The molecule has 0 bridgehead atoms. The molecule has 2 amide bonds. The first-order chi connectivity index (χ1) is 15.0. The summed E-state index contributed by atoms with van der Waals surface area (Å²) in [5, 5.41) is 11.3. The topological polar surface area (TPSA) is 109 Å². The summed E-state index contributed by atoms with van der Waals surface area (Å²) in [7, 11) is 1.84. The highest BCUT2D eigenvalue weighted by Crippen LogP contribution is 2.35. The summed E-state index contributed by atoms with van der Waals surface area (Å²) in [4.78, 5) is 42.3. The molecule has 2 atom stereocenters. The Kier molecular flexibility index (Phi) is 6.51. The van der Waals surface area contributed by atoms with Gasteiger partial charge in [0.25, 0.3) is 5.91 Å². The lowest BCUT2D eigenvalue weighted by Gasteiger charge is -2.39. The maximum absolute atomic E-state index is 12.9. The highest BCUT2D eigenvalue weighted by molar-refractivity contribution is 5.97. The number of hydrogen-bond donors (Lipinski definition) is 1. The molecule has 4 rings (SSSR count). The molecule has 2 aromatic heterocycles. The number of pyridine rings is 1. The number of anilines is 1. The molecule has 9 nitrogen and oxygen atoms in total. The number of rotatable bonds is 2. The van der Waals surface area contributed by atoms with Crippen LogP contribution in [0.1, 0.15) is 35.3 Å². The number of aromatic nitrogens is 3. The molecule has 0 saturated carbocycles. The first-order valence-electron chi connectivity index (χ1n) is 9.83. The van der Waals surface area contributed by atoms with Crippen LogP contribution in [0.3, 0.4) is 0 Å². The molecule has 172 valence electrons. The third-order valence-electron chi connectivity index (χ3n) is 5.40. The van der Waals surface area contributed by atoms with Gasteiger partial charge in [0, 0.05) is 38.1 Å². The molecule has 0 aliphatic carbocycles. The average Bonchev–Trinajstić information content (AvgIpc) is 3.34. The van der Waals surface area contributed by atoms with Crippen LogP contribution in [0, 0.1) is 6.92 Å². The molecule has 0 unspecified atom stereocenters. The second-order valence-corrected chi connectivity index (χ2v) is 7.59. The van der Waals surface area contributed by atoms with E-state index in [-0.39, 0.29) is 23.9 Å². The van der Waals surface area contributed by atoms with E-state index in [4.69, 9.17) is 9.90 Å². The number of aliphatic carboxylic acids is 1. The molecule has 2 aromatic rings. The second-order valence-electron chi connectivity index (χ2n) is 7.59. The lowest BCUT2D eigenvalue weighted by molar-refractivity contribution is -0.192. The minimum Gasteiger partial charge on any atom is -0.475 e. The van der Waals surface area contributed by atoms with Gasteiger partial charge < -0.3 is 14.9 Å². The molecule has 2 fully saturated rings. The Morgan fingerprint density at radius 1 is 1.16 bits per heavy atom. The van der Waals surface area contributed by atoms with Crippen molar-refractivity contribution >= 4 is 23.5 Å². The minimum absolute atomic E-state index is 0.000450. The van der Waals surface area contributed by atoms with E-state index in [0.717, 1.165) is 17.8 Å². The van der Waals surface area contributed by atoms with E-state index in [0.29, 0.717) is 24.9 Å². The number of halogens is 3. The smallest absolute Gasteiger partial charge is 0.475 e. The van der Waals surface area contributed by atoms with Crippen LogP contribution in [-0.2, 0) is 16.6 Å². The van der Waals surface area contributed by atoms with Gasteiger partial charge in [0.15, 0.2) is 0 Å². The largest absolute Gasteiger partial charge is 0.490 e. The average molecular weight is 453 g/mol. The van der Waals surface area contributed by atoms with Gasteiger partial charge in [-0.3, -0.25) is 19.3 Å². The van der Waals surface area contributed by atoms with Crippen molar-refractivity contribution in [3.8, 4) is 0 Å². The lowest BCUT2D eigenvalue weighted by atomic mass is 9.95. The van der Waals surface area contributed by atoms with Crippen LogP contribution in [-0.4, -0.2) is 67.4 Å². The quantitative estimate of drug-likeness (QED) is 0.747. The number of likely N-dealkylation sites (tertiary alicyclic amines) is 1. The van der Waals surface area contributed by atoms with Crippen molar-refractivity contribution in [1.82, 2.24) is 19.7 Å². The molecule has 12 heteroatoms. The summed E-state index contributed by atoms with van der Waals surface area (Å²) >= 11 is 0. The van der Waals surface area contributed by atoms with Crippen LogP contribution >= 0.6 is 0 Å². The van der Waals surface area contributed by atoms with E-state index >= 15 is 0 Å². The molecular formula is C20H22F3N5O4. The zero-order chi connectivity index (χ0) is 23.6. The highest BCUT2D eigenvalue weighted by atomic mass is 19.4. The first kappa shape index (κ1) is 23.2. The Morgan fingerprint density at radius 2 is 1.84 bits per heavy atom. The number of carboxylic acids is 1. The van der Waals surface area contributed by atoms with E-state index in [1.54, 1.807) is 17.1 Å². The van der Waals surface area contributed by atoms with Crippen molar-refractivity contribution in [3.63, 3.8) is 0 Å². The zero-order valence-electron chi connectivity index (χ0n) is 17.4. The van der Waals surface area contributed by atoms with Gasteiger partial charge in [-0.25, -0.2) is 4.79 Å². The van der Waals surface area contributed by atoms with Crippen molar-refractivity contribution in [3.05, 3.63) is 42.0 Å². The standard InChI is InChI=1S/C18H21N5O2.C2HF3O2/c1-12-3-4-13(9-19-12)18(25)22-8-7-16-15(22)5-6-17(24)23(16)14-10-20-21(2)11-14;3-2(4,5)1(6)7/h3-4,9-11,15-16H,5-8H2,1-2H3;(H,6,7)/t15-,16-;/m0./s1. The van der Waals surface area contributed by atoms with Crippen molar-refractivity contribution in [1.29, 1.82) is 0 Å². The van der Waals surface area contributed by atoms with Crippen LogP contribution in [0.4, 0.5) is 18.9 Å². The molecule has 1 N–H and O–H groups in total. The van der Waals surface area contributed by atoms with Crippen molar-refractivity contribution in [2.75, 3.05) is 11.4 Å². The lowest BCUT2D eigenvalue weighted by Crippen LogP contribution is -2.53. The maximum Gasteiger partial charge on any atom is 0.490 e. The molecule has 2 saturated heterocycles. The minimum atomic E-state index is -5.08. The van der Waals surface area contributed by atoms with Gasteiger partial charge in [0.1, 0.15) is 0 Å². The van der Waals surface area contributed by atoms with Gasteiger partial charge in [-0.1, -0.05) is 0 Å². The number of carbonyl (C=O) groups excluding carboxylic acids is 2. The van der Waals surface area contributed by atoms with E-state index in [9.17, 15) is 22.8 Å². The van der Waals surface area contributed by atoms with Gasteiger partial charge in [-0.15, -0.1) is 0 Å². The molecule has 0 aromatic carbocycles. The van der Waals surface area contributed by atoms with Gasteiger partial charge in [0.05, 0.1) is 29.5 Å². The Labute approximate surface area is 181 Å². The molecule has 0 spiro atoms. The van der Waals surface area contributed by atoms with Gasteiger partial charge in [0.2, 0.25) is 5.91 Å².